The second kappa shape index (κ2) is 11.2. The Hall–Kier alpha value is -4.21. The third-order valence-electron chi connectivity index (χ3n) is 4.99. The molecule has 3 rings (SSSR count). The molecule has 10 nitrogen and oxygen atoms in total. The zero-order valence-electron chi connectivity index (χ0n) is 22.0. The van der Waals surface area contributed by atoms with Crippen LogP contribution in [0.4, 0.5) is 10.5 Å². The van der Waals surface area contributed by atoms with Crippen LogP contribution in [0.3, 0.4) is 0 Å². The van der Waals surface area contributed by atoms with Gasteiger partial charge in [-0.25, -0.2) is 9.78 Å². The SMILES string of the molecule is CC(C)(C)NC(=O)C(c1cccnc1)N(C(=O)c1c[nH]cn1)c1ccc(CNC(=O)OC(C)(C)C)cc1. The van der Waals surface area contributed by atoms with Crippen LogP contribution in [-0.2, 0) is 16.1 Å². The number of nitrogens with zero attached hydrogens (tertiary/aromatic N) is 3. The van der Waals surface area contributed by atoms with Crippen LogP contribution in [0.2, 0.25) is 0 Å². The summed E-state index contributed by atoms with van der Waals surface area (Å²) in [6.45, 7) is 11.2. The molecule has 0 fully saturated rings. The van der Waals surface area contributed by atoms with Gasteiger partial charge in [0.1, 0.15) is 17.3 Å². The van der Waals surface area contributed by atoms with Crippen LogP contribution in [0.25, 0.3) is 0 Å². The molecule has 2 heterocycles. The van der Waals surface area contributed by atoms with E-state index in [4.69, 9.17) is 4.74 Å². The van der Waals surface area contributed by atoms with E-state index in [1.165, 1.54) is 17.4 Å². The maximum Gasteiger partial charge on any atom is 0.407 e. The van der Waals surface area contributed by atoms with Crippen molar-refractivity contribution < 1.29 is 19.1 Å². The van der Waals surface area contributed by atoms with Gasteiger partial charge in [-0.2, -0.15) is 0 Å². The maximum atomic E-state index is 13.7. The smallest absolute Gasteiger partial charge is 0.407 e. The number of aromatic nitrogens is 3. The number of hydrogen-bond acceptors (Lipinski definition) is 6. The number of nitrogens with one attached hydrogen (secondary N) is 3. The average Bonchev–Trinajstić information content (AvgIpc) is 3.34. The van der Waals surface area contributed by atoms with Crippen molar-refractivity contribution in [1.29, 1.82) is 0 Å². The fourth-order valence-electron chi connectivity index (χ4n) is 3.54. The first-order chi connectivity index (χ1) is 17.3. The van der Waals surface area contributed by atoms with E-state index in [0.29, 0.717) is 11.3 Å². The van der Waals surface area contributed by atoms with Crippen LogP contribution >= 0.6 is 0 Å². The number of H-pyrrole nitrogens is 1. The van der Waals surface area contributed by atoms with Crippen LogP contribution in [-0.4, -0.2) is 44.0 Å². The molecular formula is C27H34N6O4. The Balaban J connectivity index is 1.97. The fourth-order valence-corrected chi connectivity index (χ4v) is 3.54. The number of aromatic amines is 1. The summed E-state index contributed by atoms with van der Waals surface area (Å²) >= 11 is 0. The minimum absolute atomic E-state index is 0.160. The van der Waals surface area contributed by atoms with Crippen molar-refractivity contribution in [2.45, 2.75) is 65.3 Å². The van der Waals surface area contributed by atoms with E-state index < -0.39 is 29.2 Å². The molecule has 0 aliphatic rings. The van der Waals surface area contributed by atoms with Crippen molar-refractivity contribution in [1.82, 2.24) is 25.6 Å². The lowest BCUT2D eigenvalue weighted by molar-refractivity contribution is -0.123. The Kier molecular flexibility index (Phi) is 8.31. The summed E-state index contributed by atoms with van der Waals surface area (Å²) in [5, 5.41) is 5.69. The maximum absolute atomic E-state index is 13.7. The van der Waals surface area contributed by atoms with Gasteiger partial charge >= 0.3 is 6.09 Å². The van der Waals surface area contributed by atoms with Gasteiger partial charge in [0, 0.05) is 41.9 Å². The summed E-state index contributed by atoms with van der Waals surface area (Å²) in [5.74, 6) is -0.821. The molecule has 1 unspecified atom stereocenters. The van der Waals surface area contributed by atoms with Gasteiger partial charge in [-0.15, -0.1) is 0 Å². The van der Waals surface area contributed by atoms with Gasteiger partial charge in [0.2, 0.25) is 5.91 Å². The Morgan fingerprint density at radius 3 is 2.30 bits per heavy atom. The summed E-state index contributed by atoms with van der Waals surface area (Å²) in [4.78, 5) is 51.8. The van der Waals surface area contributed by atoms with E-state index in [1.807, 2.05) is 20.8 Å². The first-order valence-corrected chi connectivity index (χ1v) is 11.9. The van der Waals surface area contributed by atoms with E-state index in [9.17, 15) is 14.4 Å². The third kappa shape index (κ3) is 7.89. The summed E-state index contributed by atoms with van der Waals surface area (Å²) in [6.07, 6.45) is 5.54. The summed E-state index contributed by atoms with van der Waals surface area (Å²) in [7, 11) is 0. The molecule has 3 N–H and O–H groups in total. The number of ether oxygens (including phenoxy) is 1. The predicted molar refractivity (Wildman–Crippen MR) is 140 cm³/mol. The molecule has 0 saturated carbocycles. The number of rotatable bonds is 7. The largest absolute Gasteiger partial charge is 0.444 e. The van der Waals surface area contributed by atoms with Gasteiger partial charge < -0.3 is 20.4 Å². The van der Waals surface area contributed by atoms with Gasteiger partial charge in [-0.3, -0.25) is 19.5 Å². The number of amides is 3. The molecule has 196 valence electrons. The normalized spacial score (nSPS) is 12.4. The van der Waals surface area contributed by atoms with E-state index in [1.54, 1.807) is 69.6 Å². The molecule has 37 heavy (non-hydrogen) atoms. The second-order valence-electron chi connectivity index (χ2n) is 10.6. The summed E-state index contributed by atoms with van der Waals surface area (Å²) < 4.78 is 5.28. The van der Waals surface area contributed by atoms with Crippen molar-refractivity contribution in [3.05, 3.63) is 78.1 Å². The molecular weight excluding hydrogens is 472 g/mol. The molecule has 0 radical (unpaired) electrons. The Morgan fingerprint density at radius 1 is 1.05 bits per heavy atom. The Bertz CT molecular complexity index is 1200. The van der Waals surface area contributed by atoms with Crippen LogP contribution in [0, 0.1) is 0 Å². The van der Waals surface area contributed by atoms with Gasteiger partial charge in [-0.05, 0) is 65.3 Å². The Labute approximate surface area is 216 Å². The highest BCUT2D eigenvalue weighted by molar-refractivity contribution is 6.09. The number of benzene rings is 1. The fraction of sp³-hybridized carbons (Fsp3) is 0.370. The minimum Gasteiger partial charge on any atom is -0.444 e. The molecule has 3 amide bonds. The number of alkyl carbamates (subject to hydrolysis) is 1. The summed E-state index contributed by atoms with van der Waals surface area (Å²) in [5.41, 5.74) is 0.842. The van der Waals surface area contributed by atoms with E-state index in [0.717, 1.165) is 5.56 Å². The topological polar surface area (TPSA) is 129 Å². The quantitative estimate of drug-likeness (QED) is 0.442. The molecule has 1 atom stereocenters. The van der Waals surface area contributed by atoms with Crippen molar-refractivity contribution in [2.24, 2.45) is 0 Å². The van der Waals surface area contributed by atoms with Gasteiger partial charge in [0.25, 0.3) is 5.91 Å². The molecule has 0 spiro atoms. The molecule has 1 aromatic carbocycles. The number of carbonyl (C=O) groups is 3. The highest BCUT2D eigenvalue weighted by atomic mass is 16.6. The number of anilines is 1. The molecule has 0 aliphatic heterocycles. The van der Waals surface area contributed by atoms with Crippen LogP contribution in [0.5, 0.6) is 0 Å². The molecule has 0 saturated heterocycles. The number of carbonyl (C=O) groups excluding carboxylic acids is 3. The lowest BCUT2D eigenvalue weighted by Gasteiger charge is -2.33. The van der Waals surface area contributed by atoms with Gasteiger partial charge in [0.15, 0.2) is 0 Å². The van der Waals surface area contributed by atoms with Crippen molar-refractivity contribution in [3.63, 3.8) is 0 Å². The van der Waals surface area contributed by atoms with Crippen molar-refractivity contribution in [3.8, 4) is 0 Å². The van der Waals surface area contributed by atoms with E-state index >= 15 is 0 Å². The van der Waals surface area contributed by atoms with E-state index in [-0.39, 0.29) is 18.1 Å². The monoisotopic (exact) mass is 506 g/mol. The van der Waals surface area contributed by atoms with Crippen molar-refractivity contribution in [2.75, 3.05) is 4.90 Å². The van der Waals surface area contributed by atoms with Crippen molar-refractivity contribution >= 4 is 23.6 Å². The first-order valence-electron chi connectivity index (χ1n) is 11.9. The standard InChI is InChI=1S/C27H34N6O4/c1-26(2,3)32-23(34)22(19-8-7-13-28-15-19)33(24(35)21-16-29-17-31-21)20-11-9-18(10-12-20)14-30-25(36)37-27(4,5)6/h7-13,15-17,22H,14H2,1-6H3,(H,29,31)(H,30,36)(H,32,34). The zero-order chi connectivity index (χ0) is 27.2. The highest BCUT2D eigenvalue weighted by Crippen LogP contribution is 2.30. The number of pyridine rings is 1. The Morgan fingerprint density at radius 2 is 1.76 bits per heavy atom. The molecule has 0 aliphatic carbocycles. The number of imidazole rings is 1. The molecule has 0 bridgehead atoms. The van der Waals surface area contributed by atoms with Gasteiger partial charge in [0.05, 0.1) is 6.33 Å². The highest BCUT2D eigenvalue weighted by Gasteiger charge is 2.35. The van der Waals surface area contributed by atoms with E-state index in [2.05, 4.69) is 25.6 Å². The summed E-state index contributed by atoms with van der Waals surface area (Å²) in [6, 6.07) is 9.47. The lowest BCUT2D eigenvalue weighted by Crippen LogP contribution is -2.49. The first kappa shape index (κ1) is 27.4. The second-order valence-corrected chi connectivity index (χ2v) is 10.6. The molecule has 2 aromatic heterocycles. The average molecular weight is 507 g/mol. The molecule has 3 aromatic rings. The van der Waals surface area contributed by atoms with Crippen LogP contribution in [0.1, 0.15) is 69.2 Å². The van der Waals surface area contributed by atoms with Crippen LogP contribution in [0.15, 0.2) is 61.3 Å². The molecule has 10 heteroatoms. The number of hydrogen-bond donors (Lipinski definition) is 3. The zero-order valence-corrected chi connectivity index (χ0v) is 22.0. The van der Waals surface area contributed by atoms with Crippen LogP contribution < -0.4 is 15.5 Å². The predicted octanol–water partition coefficient (Wildman–Crippen LogP) is 4.13. The third-order valence-corrected chi connectivity index (χ3v) is 4.99. The lowest BCUT2D eigenvalue weighted by atomic mass is 10.0. The minimum atomic E-state index is -1.01. The van der Waals surface area contributed by atoms with Gasteiger partial charge in [-0.1, -0.05) is 18.2 Å².